The van der Waals surface area contributed by atoms with E-state index in [-0.39, 0.29) is 51.4 Å². The van der Waals surface area contributed by atoms with E-state index < -0.39 is 11.9 Å². The van der Waals surface area contributed by atoms with Crippen LogP contribution in [0.4, 0.5) is 0 Å². The van der Waals surface area contributed by atoms with Gasteiger partial charge >= 0.3 is 63.3 Å². The van der Waals surface area contributed by atoms with Gasteiger partial charge in [0, 0.05) is 12.2 Å². The second-order valence-electron chi connectivity index (χ2n) is 6.44. The van der Waals surface area contributed by atoms with Crippen molar-refractivity contribution in [3.05, 3.63) is 12.2 Å². The topological polar surface area (TPSA) is 63.6 Å². The van der Waals surface area contributed by atoms with Gasteiger partial charge in [-0.25, -0.2) is 9.59 Å². The number of carbonyl (C=O) groups is 2. The zero-order chi connectivity index (χ0) is 17.9. The second-order valence-corrected chi connectivity index (χ2v) is 6.44. The van der Waals surface area contributed by atoms with Crippen LogP contribution in [0.25, 0.3) is 0 Å². The van der Waals surface area contributed by atoms with Crippen LogP contribution in [-0.4, -0.2) is 75.0 Å². The SMILES string of the molecule is CCCCCCCCCCCCCCCCOC(=O)/C=C/C(=O)O.[KH]. The van der Waals surface area contributed by atoms with Gasteiger partial charge in [0.25, 0.3) is 0 Å². The Morgan fingerprint density at radius 2 is 1.12 bits per heavy atom. The molecule has 0 unspecified atom stereocenters. The molecule has 0 atom stereocenters. The van der Waals surface area contributed by atoms with Crippen LogP contribution in [0.1, 0.15) is 96.8 Å². The van der Waals surface area contributed by atoms with Gasteiger partial charge < -0.3 is 9.84 Å². The molecule has 0 saturated carbocycles. The van der Waals surface area contributed by atoms with Gasteiger partial charge in [0.2, 0.25) is 0 Å². The zero-order valence-electron chi connectivity index (χ0n) is 15.4. The molecular weight excluding hydrogens is 343 g/mol. The molecular formula is C20H37KO4. The number of hydrogen-bond acceptors (Lipinski definition) is 3. The number of ether oxygens (including phenoxy) is 1. The summed E-state index contributed by atoms with van der Waals surface area (Å²) in [6, 6.07) is 0. The molecule has 0 aliphatic rings. The summed E-state index contributed by atoms with van der Waals surface area (Å²) < 4.78 is 4.91. The van der Waals surface area contributed by atoms with Crippen molar-refractivity contribution in [2.24, 2.45) is 0 Å². The minimum atomic E-state index is -1.14. The molecule has 0 aromatic rings. The van der Waals surface area contributed by atoms with Gasteiger partial charge in [0.15, 0.2) is 0 Å². The van der Waals surface area contributed by atoms with Crippen molar-refractivity contribution in [2.75, 3.05) is 6.61 Å². The van der Waals surface area contributed by atoms with E-state index in [1.807, 2.05) is 0 Å². The summed E-state index contributed by atoms with van der Waals surface area (Å²) >= 11 is 0. The Bertz CT molecular complexity index is 343. The van der Waals surface area contributed by atoms with Crippen LogP contribution in [0.2, 0.25) is 0 Å². The van der Waals surface area contributed by atoms with Crippen molar-refractivity contribution in [1.82, 2.24) is 0 Å². The molecule has 5 heteroatoms. The fraction of sp³-hybridized carbons (Fsp3) is 0.800. The summed E-state index contributed by atoms with van der Waals surface area (Å²) in [6.45, 7) is 2.63. The Hall–Kier alpha value is 0.316. The molecule has 0 aromatic heterocycles. The van der Waals surface area contributed by atoms with Crippen LogP contribution in [-0.2, 0) is 14.3 Å². The summed E-state index contributed by atoms with van der Waals surface area (Å²) in [5.41, 5.74) is 0. The molecule has 0 amide bonds. The van der Waals surface area contributed by atoms with Crippen LogP contribution in [0, 0.1) is 0 Å². The number of unbranched alkanes of at least 4 members (excludes halogenated alkanes) is 13. The average Bonchev–Trinajstić information content (AvgIpc) is 2.56. The summed E-state index contributed by atoms with van der Waals surface area (Å²) in [4.78, 5) is 21.3. The molecule has 0 fully saturated rings. The fourth-order valence-corrected chi connectivity index (χ4v) is 2.66. The van der Waals surface area contributed by atoms with Gasteiger partial charge in [-0.2, -0.15) is 0 Å². The molecule has 0 aromatic carbocycles. The van der Waals surface area contributed by atoms with Crippen molar-refractivity contribution in [3.8, 4) is 0 Å². The molecule has 25 heavy (non-hydrogen) atoms. The van der Waals surface area contributed by atoms with Crippen LogP contribution in [0.3, 0.4) is 0 Å². The van der Waals surface area contributed by atoms with Crippen molar-refractivity contribution in [1.29, 1.82) is 0 Å². The molecule has 0 aliphatic heterocycles. The second kappa shape index (κ2) is 22.4. The number of hydrogen-bond donors (Lipinski definition) is 1. The zero-order valence-corrected chi connectivity index (χ0v) is 15.4. The van der Waals surface area contributed by atoms with Gasteiger partial charge in [-0.3, -0.25) is 0 Å². The molecule has 0 radical (unpaired) electrons. The first-order chi connectivity index (χ1) is 11.7. The standard InChI is InChI=1S/C20H36O4.K.H/c1-2-3-4-5-6-7-8-9-10-11-12-13-14-15-18-24-20(23)17-16-19(21)22;;/h16-17H,2-15,18H2,1H3,(H,21,22);;/b17-16+;;. The van der Waals surface area contributed by atoms with E-state index in [9.17, 15) is 9.59 Å². The van der Waals surface area contributed by atoms with E-state index in [1.165, 1.54) is 77.0 Å². The first-order valence-electron chi connectivity index (χ1n) is 9.74. The monoisotopic (exact) mass is 380 g/mol. The Balaban J connectivity index is 0. The molecule has 1 N–H and O–H groups in total. The summed E-state index contributed by atoms with van der Waals surface area (Å²) in [5, 5.41) is 8.37. The first kappa shape index (κ1) is 27.5. The number of rotatable bonds is 17. The maximum atomic E-state index is 11.1. The number of carboxylic acid groups (broad SMARTS) is 1. The van der Waals surface area contributed by atoms with Crippen molar-refractivity contribution >= 4 is 63.3 Å². The van der Waals surface area contributed by atoms with Crippen molar-refractivity contribution in [3.63, 3.8) is 0 Å². The summed E-state index contributed by atoms with van der Waals surface area (Å²) in [5.74, 6) is -1.71. The molecule has 0 heterocycles. The van der Waals surface area contributed by atoms with E-state index in [0.29, 0.717) is 6.61 Å². The van der Waals surface area contributed by atoms with Gasteiger partial charge in [0.05, 0.1) is 6.61 Å². The molecule has 0 saturated heterocycles. The maximum absolute atomic E-state index is 11.1. The number of aliphatic carboxylic acids is 1. The van der Waals surface area contributed by atoms with Crippen molar-refractivity contribution < 1.29 is 19.4 Å². The van der Waals surface area contributed by atoms with Crippen LogP contribution in [0.15, 0.2) is 12.2 Å². The average molecular weight is 381 g/mol. The molecule has 142 valence electrons. The summed E-state index contributed by atoms with van der Waals surface area (Å²) in [6.07, 6.45) is 19.8. The van der Waals surface area contributed by atoms with E-state index in [4.69, 9.17) is 9.84 Å². The van der Waals surface area contributed by atoms with Crippen LogP contribution < -0.4 is 0 Å². The molecule has 0 spiro atoms. The molecule has 0 bridgehead atoms. The van der Waals surface area contributed by atoms with Crippen LogP contribution in [0.5, 0.6) is 0 Å². The van der Waals surface area contributed by atoms with Crippen molar-refractivity contribution in [2.45, 2.75) is 96.8 Å². The third-order valence-electron chi connectivity index (χ3n) is 4.10. The van der Waals surface area contributed by atoms with E-state index >= 15 is 0 Å². The van der Waals surface area contributed by atoms with Gasteiger partial charge in [0.1, 0.15) is 0 Å². The van der Waals surface area contributed by atoms with E-state index in [1.54, 1.807) is 0 Å². The van der Waals surface area contributed by atoms with Gasteiger partial charge in [-0.05, 0) is 6.42 Å². The number of carbonyl (C=O) groups excluding carboxylic acids is 1. The third-order valence-corrected chi connectivity index (χ3v) is 4.10. The Labute approximate surface area is 196 Å². The van der Waals surface area contributed by atoms with E-state index in [2.05, 4.69) is 6.92 Å². The Morgan fingerprint density at radius 3 is 1.52 bits per heavy atom. The quantitative estimate of drug-likeness (QED) is 0.167. The molecule has 0 aliphatic carbocycles. The molecule has 4 nitrogen and oxygen atoms in total. The third kappa shape index (κ3) is 24.3. The number of esters is 1. The molecule has 0 rings (SSSR count). The summed E-state index contributed by atoms with van der Waals surface area (Å²) in [7, 11) is 0. The van der Waals surface area contributed by atoms with Gasteiger partial charge in [-0.1, -0.05) is 90.4 Å². The first-order valence-corrected chi connectivity index (χ1v) is 9.74. The minimum absolute atomic E-state index is 0. The number of carboxylic acids is 1. The predicted octanol–water partition coefficient (Wildman–Crippen LogP) is 5.00. The normalized spacial score (nSPS) is 10.6. The van der Waals surface area contributed by atoms with E-state index in [0.717, 1.165) is 25.0 Å². The van der Waals surface area contributed by atoms with Gasteiger partial charge in [-0.15, -0.1) is 0 Å². The van der Waals surface area contributed by atoms with Crippen LogP contribution >= 0.6 is 0 Å². The predicted molar refractivity (Wildman–Crippen MR) is 105 cm³/mol. The Kier molecular flexibility index (Phi) is 24.6. The fourth-order valence-electron chi connectivity index (χ4n) is 2.66. The Morgan fingerprint density at radius 1 is 0.720 bits per heavy atom.